The van der Waals surface area contributed by atoms with E-state index in [1.807, 2.05) is 51.4 Å². The lowest BCUT2D eigenvalue weighted by Crippen LogP contribution is -2.23. The van der Waals surface area contributed by atoms with E-state index in [1.165, 1.54) is 0 Å². The van der Waals surface area contributed by atoms with Gasteiger partial charge in [-0.1, -0.05) is 34.6 Å². The van der Waals surface area contributed by atoms with E-state index in [4.69, 9.17) is 4.74 Å². The monoisotopic (exact) mass is 267 g/mol. The zero-order valence-electron chi connectivity index (χ0n) is 11.7. The molecule has 0 spiro atoms. The highest BCUT2D eigenvalue weighted by molar-refractivity contribution is 7.08. The van der Waals surface area contributed by atoms with Crippen LogP contribution in [0.4, 0.5) is 4.79 Å². The molecule has 0 atom stereocenters. The van der Waals surface area contributed by atoms with Crippen molar-refractivity contribution in [2.45, 2.75) is 34.6 Å². The van der Waals surface area contributed by atoms with E-state index in [2.05, 4.69) is 4.99 Å². The quantitative estimate of drug-likeness (QED) is 0.762. The fourth-order valence-electron chi connectivity index (χ4n) is 1.43. The predicted octanol–water partition coefficient (Wildman–Crippen LogP) is 4.38. The number of hydrogen-bond donors (Lipinski definition) is 0. The lowest BCUT2D eigenvalue weighted by atomic mass is 9.86. The molecular formula is C14H21NO2S. The van der Waals surface area contributed by atoms with Crippen LogP contribution in [-0.2, 0) is 4.74 Å². The van der Waals surface area contributed by atoms with E-state index in [0.29, 0.717) is 12.5 Å². The Labute approximate surface area is 113 Å². The maximum absolute atomic E-state index is 11.7. The molecule has 1 aromatic heterocycles. The molecule has 0 aromatic carbocycles. The topological polar surface area (TPSA) is 38.7 Å². The van der Waals surface area contributed by atoms with Gasteiger partial charge in [-0.05, 0) is 22.7 Å². The molecule has 0 saturated carbocycles. The fourth-order valence-corrected chi connectivity index (χ4v) is 2.07. The average molecular weight is 267 g/mol. The first-order valence-corrected chi connectivity index (χ1v) is 7.03. The van der Waals surface area contributed by atoms with Gasteiger partial charge in [0.1, 0.15) is 0 Å². The van der Waals surface area contributed by atoms with Gasteiger partial charge in [0.05, 0.1) is 12.3 Å². The van der Waals surface area contributed by atoms with Crippen LogP contribution >= 0.6 is 11.3 Å². The molecule has 0 radical (unpaired) electrons. The number of nitrogens with zero attached hydrogens (tertiary/aromatic N) is 1. The molecule has 1 aromatic rings. The van der Waals surface area contributed by atoms with Crippen molar-refractivity contribution in [3.8, 4) is 0 Å². The summed E-state index contributed by atoms with van der Waals surface area (Å²) < 4.78 is 5.10. The van der Waals surface area contributed by atoms with Crippen LogP contribution in [0.2, 0.25) is 0 Å². The molecule has 4 heteroatoms. The molecule has 3 nitrogen and oxygen atoms in total. The predicted molar refractivity (Wildman–Crippen MR) is 76.5 cm³/mol. The normalized spacial score (nSPS) is 12.9. The van der Waals surface area contributed by atoms with Gasteiger partial charge < -0.3 is 4.74 Å². The Balaban J connectivity index is 2.88. The van der Waals surface area contributed by atoms with E-state index in [9.17, 15) is 4.79 Å². The first-order valence-electron chi connectivity index (χ1n) is 6.09. The summed E-state index contributed by atoms with van der Waals surface area (Å²) in [6.45, 7) is 10.5. The third kappa shape index (κ3) is 4.61. The summed E-state index contributed by atoms with van der Waals surface area (Å²) in [4.78, 5) is 15.8. The molecule has 0 aliphatic carbocycles. The molecule has 0 aliphatic heterocycles. The van der Waals surface area contributed by atoms with Gasteiger partial charge >= 0.3 is 6.09 Å². The zero-order valence-corrected chi connectivity index (χ0v) is 12.5. The van der Waals surface area contributed by atoms with Crippen molar-refractivity contribution in [1.29, 1.82) is 0 Å². The first-order chi connectivity index (χ1) is 8.30. The van der Waals surface area contributed by atoms with Crippen LogP contribution < -0.4 is 0 Å². The molecule has 1 rings (SSSR count). The number of carbonyl (C=O) groups excluding carboxylic acids is 1. The minimum atomic E-state index is -0.500. The Morgan fingerprint density at radius 3 is 2.56 bits per heavy atom. The summed E-state index contributed by atoms with van der Waals surface area (Å²) >= 11 is 1.60. The third-order valence-electron chi connectivity index (χ3n) is 2.25. The van der Waals surface area contributed by atoms with Crippen molar-refractivity contribution in [2.75, 3.05) is 6.61 Å². The second-order valence-corrected chi connectivity index (χ2v) is 6.47. The molecule has 0 N–H and O–H groups in total. The summed E-state index contributed by atoms with van der Waals surface area (Å²) in [6, 6.07) is 1.98. The van der Waals surface area contributed by atoms with Crippen molar-refractivity contribution in [1.82, 2.24) is 0 Å². The number of ether oxygens (including phenoxy) is 1. The second kappa shape index (κ2) is 6.14. The summed E-state index contributed by atoms with van der Waals surface area (Å²) in [5.74, 6) is 0.323. The Kier molecular flexibility index (Phi) is 5.08. The van der Waals surface area contributed by atoms with Gasteiger partial charge in [-0.25, -0.2) is 4.79 Å². The Bertz CT molecular complexity index is 414. The number of carbonyl (C=O) groups is 1. The maximum atomic E-state index is 11.7. The van der Waals surface area contributed by atoms with Crippen LogP contribution in [0.3, 0.4) is 0 Å². The van der Waals surface area contributed by atoms with Gasteiger partial charge in [-0.2, -0.15) is 16.3 Å². The Morgan fingerprint density at radius 2 is 2.11 bits per heavy atom. The highest BCUT2D eigenvalue weighted by Gasteiger charge is 2.22. The van der Waals surface area contributed by atoms with Crippen LogP contribution in [0.1, 0.15) is 40.2 Å². The Morgan fingerprint density at radius 1 is 1.44 bits per heavy atom. The number of rotatable bonds is 3. The highest BCUT2D eigenvalue weighted by Crippen LogP contribution is 2.23. The van der Waals surface area contributed by atoms with Crippen molar-refractivity contribution in [3.05, 3.63) is 22.4 Å². The van der Waals surface area contributed by atoms with Crippen LogP contribution in [0.5, 0.6) is 0 Å². The molecule has 0 unspecified atom stereocenters. The van der Waals surface area contributed by atoms with Crippen molar-refractivity contribution >= 4 is 23.1 Å². The van der Waals surface area contributed by atoms with Gasteiger partial charge in [0, 0.05) is 11.0 Å². The highest BCUT2D eigenvalue weighted by atomic mass is 32.1. The number of aliphatic imine (C=N–C) groups is 1. The smallest absolute Gasteiger partial charge is 0.433 e. The lowest BCUT2D eigenvalue weighted by Gasteiger charge is -2.20. The molecule has 1 amide bonds. The van der Waals surface area contributed by atoms with Gasteiger partial charge in [0.15, 0.2) is 0 Å². The molecule has 0 fully saturated rings. The van der Waals surface area contributed by atoms with Gasteiger partial charge in [-0.3, -0.25) is 0 Å². The third-order valence-corrected chi connectivity index (χ3v) is 2.93. The largest absolute Gasteiger partial charge is 0.448 e. The molecule has 0 bridgehead atoms. The summed E-state index contributed by atoms with van der Waals surface area (Å²) in [5, 5.41) is 3.98. The minimum Gasteiger partial charge on any atom is -0.448 e. The zero-order chi connectivity index (χ0) is 13.8. The van der Waals surface area contributed by atoms with Gasteiger partial charge in [-0.15, -0.1) is 0 Å². The van der Waals surface area contributed by atoms with Crippen LogP contribution in [0.25, 0.3) is 0 Å². The van der Waals surface area contributed by atoms with Crippen LogP contribution in [0.15, 0.2) is 21.8 Å². The van der Waals surface area contributed by atoms with Crippen molar-refractivity contribution in [2.24, 2.45) is 16.3 Å². The molecule has 100 valence electrons. The van der Waals surface area contributed by atoms with E-state index >= 15 is 0 Å². The number of thiophene rings is 1. The SMILES string of the molecule is CC(C)COC(=O)/N=C(\c1ccsc1)C(C)(C)C. The summed E-state index contributed by atoms with van der Waals surface area (Å²) in [6.07, 6.45) is -0.500. The molecule has 0 saturated heterocycles. The molecular weight excluding hydrogens is 246 g/mol. The maximum Gasteiger partial charge on any atom is 0.433 e. The second-order valence-electron chi connectivity index (χ2n) is 5.69. The van der Waals surface area contributed by atoms with Crippen LogP contribution in [-0.4, -0.2) is 18.4 Å². The lowest BCUT2D eigenvalue weighted by molar-refractivity contribution is 0.143. The molecule has 0 aliphatic rings. The standard InChI is InChI=1S/C14H21NO2S/c1-10(2)8-17-13(16)15-12(14(3,4)5)11-6-7-18-9-11/h6-7,9-10H,8H2,1-5H3/b15-12+. The minimum absolute atomic E-state index is 0.183. The Hall–Kier alpha value is -1.16. The van der Waals surface area contributed by atoms with Crippen LogP contribution in [0, 0.1) is 11.3 Å². The molecule has 18 heavy (non-hydrogen) atoms. The fraction of sp³-hybridized carbons (Fsp3) is 0.571. The van der Waals surface area contributed by atoms with E-state index < -0.39 is 6.09 Å². The van der Waals surface area contributed by atoms with Crippen molar-refractivity contribution < 1.29 is 9.53 Å². The number of hydrogen-bond acceptors (Lipinski definition) is 3. The van der Waals surface area contributed by atoms with E-state index in [1.54, 1.807) is 11.3 Å². The van der Waals surface area contributed by atoms with Gasteiger partial charge in [0.25, 0.3) is 0 Å². The van der Waals surface area contributed by atoms with Gasteiger partial charge in [0.2, 0.25) is 0 Å². The van der Waals surface area contributed by atoms with E-state index in [-0.39, 0.29) is 5.41 Å². The average Bonchev–Trinajstić information content (AvgIpc) is 2.74. The summed E-state index contributed by atoms with van der Waals surface area (Å²) in [7, 11) is 0. The first kappa shape index (κ1) is 14.9. The number of amides is 1. The summed E-state index contributed by atoms with van der Waals surface area (Å²) in [5.41, 5.74) is 1.59. The van der Waals surface area contributed by atoms with Crippen molar-refractivity contribution in [3.63, 3.8) is 0 Å². The van der Waals surface area contributed by atoms with E-state index in [0.717, 1.165) is 11.3 Å². The molecule has 1 heterocycles.